The number of ether oxygens (including phenoxy) is 1. The zero-order valence-corrected chi connectivity index (χ0v) is 21.5. The summed E-state index contributed by atoms with van der Waals surface area (Å²) in [6.45, 7) is 4.63. The number of carbonyl (C=O) groups excluding carboxylic acids is 2. The molecule has 1 saturated heterocycles. The standard InChI is InChI=1S/C28H26Cl2N2O4/c1-3-4-12-36-20-8-9-21(17(2)13-20)26(33)24-25(19-7-10-22(29)23(30)14-19)32(28(35)27(24)34)16-18-6-5-11-31-15-18/h5-11,13-15,25,33H,3-4,12,16H2,1-2H3/b26-24+. The van der Waals surface area contributed by atoms with Crippen molar-refractivity contribution in [2.75, 3.05) is 6.61 Å². The second-order valence-electron chi connectivity index (χ2n) is 8.64. The highest BCUT2D eigenvalue weighted by Crippen LogP contribution is 2.42. The highest BCUT2D eigenvalue weighted by Gasteiger charge is 2.46. The Kier molecular flexibility index (Phi) is 7.97. The van der Waals surface area contributed by atoms with Gasteiger partial charge in [-0.1, -0.05) is 48.7 Å². The number of benzene rings is 2. The minimum Gasteiger partial charge on any atom is -0.507 e. The number of pyridine rings is 1. The Morgan fingerprint density at radius 1 is 1.11 bits per heavy atom. The molecule has 1 aliphatic rings. The number of ketones is 1. The van der Waals surface area contributed by atoms with Gasteiger partial charge in [0.2, 0.25) is 0 Å². The van der Waals surface area contributed by atoms with Gasteiger partial charge in [-0.3, -0.25) is 14.6 Å². The van der Waals surface area contributed by atoms with Crippen LogP contribution in [0.5, 0.6) is 5.75 Å². The first-order chi connectivity index (χ1) is 17.3. The number of aromatic nitrogens is 1. The lowest BCUT2D eigenvalue weighted by Gasteiger charge is -2.25. The van der Waals surface area contributed by atoms with E-state index in [2.05, 4.69) is 11.9 Å². The Morgan fingerprint density at radius 3 is 2.58 bits per heavy atom. The van der Waals surface area contributed by atoms with Gasteiger partial charge in [-0.2, -0.15) is 0 Å². The van der Waals surface area contributed by atoms with Crippen LogP contribution in [-0.2, 0) is 16.1 Å². The first-order valence-electron chi connectivity index (χ1n) is 11.7. The highest BCUT2D eigenvalue weighted by atomic mass is 35.5. The summed E-state index contributed by atoms with van der Waals surface area (Å²) in [6.07, 6.45) is 5.22. The predicted octanol–water partition coefficient (Wildman–Crippen LogP) is 6.50. The van der Waals surface area contributed by atoms with Crippen LogP contribution in [-0.4, -0.2) is 33.3 Å². The summed E-state index contributed by atoms with van der Waals surface area (Å²) in [4.78, 5) is 32.0. The molecular weight excluding hydrogens is 499 g/mol. The summed E-state index contributed by atoms with van der Waals surface area (Å²) >= 11 is 12.4. The quantitative estimate of drug-likeness (QED) is 0.157. The van der Waals surface area contributed by atoms with Crippen molar-refractivity contribution in [3.8, 4) is 5.75 Å². The molecular formula is C28H26Cl2N2O4. The first kappa shape index (κ1) is 25.7. The number of hydrogen-bond donors (Lipinski definition) is 1. The Balaban J connectivity index is 1.81. The molecule has 0 spiro atoms. The number of unbranched alkanes of at least 4 members (excludes halogenated alkanes) is 1. The van der Waals surface area contributed by atoms with E-state index in [0.717, 1.165) is 18.4 Å². The Bertz CT molecular complexity index is 1320. The molecule has 1 fully saturated rings. The average molecular weight is 525 g/mol. The number of carbonyl (C=O) groups is 2. The zero-order chi connectivity index (χ0) is 25.8. The zero-order valence-electron chi connectivity index (χ0n) is 20.0. The van der Waals surface area contributed by atoms with Crippen LogP contribution in [0.2, 0.25) is 10.0 Å². The van der Waals surface area contributed by atoms with Crippen molar-refractivity contribution in [1.29, 1.82) is 0 Å². The molecule has 8 heteroatoms. The monoisotopic (exact) mass is 524 g/mol. The molecule has 1 aliphatic heterocycles. The van der Waals surface area contributed by atoms with Crippen LogP contribution in [0, 0.1) is 6.92 Å². The lowest BCUT2D eigenvalue weighted by molar-refractivity contribution is -0.140. The molecule has 1 amide bonds. The summed E-state index contributed by atoms with van der Waals surface area (Å²) in [5.74, 6) is -1.06. The van der Waals surface area contributed by atoms with E-state index in [1.807, 2.05) is 19.1 Å². The van der Waals surface area contributed by atoms with Crippen molar-refractivity contribution in [2.24, 2.45) is 0 Å². The molecule has 6 nitrogen and oxygen atoms in total. The smallest absolute Gasteiger partial charge is 0.295 e. The lowest BCUT2D eigenvalue weighted by Crippen LogP contribution is -2.29. The van der Waals surface area contributed by atoms with Crippen LogP contribution in [0.15, 0.2) is 66.5 Å². The van der Waals surface area contributed by atoms with Crippen LogP contribution < -0.4 is 4.74 Å². The Hall–Kier alpha value is -3.35. The van der Waals surface area contributed by atoms with E-state index in [4.69, 9.17) is 27.9 Å². The number of aliphatic hydroxyl groups excluding tert-OH is 1. The summed E-state index contributed by atoms with van der Waals surface area (Å²) < 4.78 is 5.76. The maximum Gasteiger partial charge on any atom is 0.295 e. The molecule has 4 rings (SSSR count). The summed E-state index contributed by atoms with van der Waals surface area (Å²) in [7, 11) is 0. The van der Waals surface area contributed by atoms with Gasteiger partial charge < -0.3 is 14.7 Å². The number of rotatable bonds is 8. The Morgan fingerprint density at radius 2 is 1.92 bits per heavy atom. The number of hydrogen-bond acceptors (Lipinski definition) is 5. The van der Waals surface area contributed by atoms with E-state index in [1.54, 1.807) is 48.8 Å². The third-order valence-corrected chi connectivity index (χ3v) is 6.83. The number of halogens is 2. The largest absolute Gasteiger partial charge is 0.507 e. The fourth-order valence-corrected chi connectivity index (χ4v) is 4.54. The summed E-state index contributed by atoms with van der Waals surface area (Å²) in [6, 6.07) is 12.9. The van der Waals surface area contributed by atoms with Crippen LogP contribution >= 0.6 is 23.2 Å². The number of nitrogens with zero attached hydrogens (tertiary/aromatic N) is 2. The third-order valence-electron chi connectivity index (χ3n) is 6.09. The van der Waals surface area contributed by atoms with Gasteiger partial charge in [0.1, 0.15) is 11.5 Å². The maximum atomic E-state index is 13.3. The summed E-state index contributed by atoms with van der Waals surface area (Å²) in [5.41, 5.74) is 2.46. The molecule has 2 aromatic carbocycles. The lowest BCUT2D eigenvalue weighted by atomic mass is 9.93. The predicted molar refractivity (Wildman–Crippen MR) is 140 cm³/mol. The molecule has 1 atom stereocenters. The van der Waals surface area contributed by atoms with Crippen molar-refractivity contribution in [1.82, 2.24) is 9.88 Å². The van der Waals surface area contributed by atoms with Crippen LogP contribution in [0.1, 0.15) is 48.1 Å². The molecule has 0 saturated carbocycles. The van der Waals surface area contributed by atoms with E-state index in [-0.39, 0.29) is 22.9 Å². The van der Waals surface area contributed by atoms with E-state index in [1.165, 1.54) is 4.90 Å². The average Bonchev–Trinajstić information content (AvgIpc) is 3.11. The van der Waals surface area contributed by atoms with Crippen LogP contribution in [0.4, 0.5) is 0 Å². The summed E-state index contributed by atoms with van der Waals surface area (Å²) in [5, 5.41) is 12.0. The van der Waals surface area contributed by atoms with Gasteiger partial charge >= 0.3 is 0 Å². The molecule has 2 heterocycles. The van der Waals surface area contributed by atoms with Gasteiger partial charge in [-0.25, -0.2) is 0 Å². The van der Waals surface area contributed by atoms with Gasteiger partial charge in [0.25, 0.3) is 11.7 Å². The molecule has 186 valence electrons. The molecule has 1 N–H and O–H groups in total. The van der Waals surface area contributed by atoms with Crippen LogP contribution in [0.3, 0.4) is 0 Å². The van der Waals surface area contributed by atoms with Gasteiger partial charge in [-0.05, 0) is 66.4 Å². The van der Waals surface area contributed by atoms with E-state index < -0.39 is 17.7 Å². The number of Topliss-reactive ketones (excluding diaryl/α,β-unsaturated/α-hetero) is 1. The van der Waals surface area contributed by atoms with Gasteiger partial charge in [0, 0.05) is 24.5 Å². The Labute approximate surface area is 220 Å². The normalized spacial score (nSPS) is 17.0. The molecule has 0 bridgehead atoms. The SMILES string of the molecule is CCCCOc1ccc(/C(O)=C2\C(=O)C(=O)N(Cc3cccnc3)C2c2ccc(Cl)c(Cl)c2)c(C)c1. The van der Waals surface area contributed by atoms with E-state index in [0.29, 0.717) is 34.1 Å². The van der Waals surface area contributed by atoms with Gasteiger partial charge in [-0.15, -0.1) is 0 Å². The minimum atomic E-state index is -0.861. The van der Waals surface area contributed by atoms with Crippen molar-refractivity contribution in [2.45, 2.75) is 39.3 Å². The fourth-order valence-electron chi connectivity index (χ4n) is 4.23. The molecule has 36 heavy (non-hydrogen) atoms. The van der Waals surface area contributed by atoms with Gasteiger partial charge in [0.15, 0.2) is 0 Å². The van der Waals surface area contributed by atoms with Crippen molar-refractivity contribution >= 4 is 40.7 Å². The number of amides is 1. The third kappa shape index (κ3) is 5.25. The molecule has 1 aromatic heterocycles. The molecule has 1 unspecified atom stereocenters. The number of likely N-dealkylation sites (tertiary alicyclic amines) is 1. The highest BCUT2D eigenvalue weighted by molar-refractivity contribution is 6.46. The number of aryl methyl sites for hydroxylation is 1. The maximum absolute atomic E-state index is 13.3. The molecule has 3 aromatic rings. The first-order valence-corrected chi connectivity index (χ1v) is 12.4. The number of aliphatic hydroxyl groups is 1. The van der Waals surface area contributed by atoms with Crippen molar-refractivity contribution in [3.05, 3.63) is 98.8 Å². The minimum absolute atomic E-state index is 0.00923. The van der Waals surface area contributed by atoms with Gasteiger partial charge in [0.05, 0.1) is 28.3 Å². The van der Waals surface area contributed by atoms with Crippen molar-refractivity contribution < 1.29 is 19.4 Å². The fraction of sp³-hybridized carbons (Fsp3) is 0.250. The molecule has 0 aliphatic carbocycles. The molecule has 0 radical (unpaired) electrons. The van der Waals surface area contributed by atoms with Crippen LogP contribution in [0.25, 0.3) is 5.76 Å². The van der Waals surface area contributed by atoms with E-state index in [9.17, 15) is 14.7 Å². The van der Waals surface area contributed by atoms with Crippen molar-refractivity contribution in [3.63, 3.8) is 0 Å². The van der Waals surface area contributed by atoms with E-state index >= 15 is 0 Å². The second-order valence-corrected chi connectivity index (χ2v) is 9.45. The topological polar surface area (TPSA) is 79.7 Å². The second kappa shape index (κ2) is 11.1.